The Morgan fingerprint density at radius 1 is 1.18 bits per heavy atom. The lowest BCUT2D eigenvalue weighted by Gasteiger charge is -2.32. The Labute approximate surface area is 188 Å². The number of hydrogen-bond acceptors (Lipinski definition) is 4. The fourth-order valence-electron chi connectivity index (χ4n) is 3.97. The van der Waals surface area contributed by atoms with E-state index in [0.717, 1.165) is 50.8 Å². The van der Waals surface area contributed by atoms with Crippen molar-refractivity contribution in [2.75, 3.05) is 52.9 Å². The van der Waals surface area contributed by atoms with Crippen molar-refractivity contribution < 1.29 is 9.53 Å². The molecule has 0 bridgehead atoms. The van der Waals surface area contributed by atoms with Gasteiger partial charge in [0.25, 0.3) is 0 Å². The Morgan fingerprint density at radius 2 is 1.93 bits per heavy atom. The van der Waals surface area contributed by atoms with Crippen molar-refractivity contribution in [3.63, 3.8) is 0 Å². The SMILES string of the molecule is CCOC(=O)N1CCC(NC(=NC)NCCCCN2CCCC(C)C2)CC1.I. The van der Waals surface area contributed by atoms with Gasteiger partial charge >= 0.3 is 6.09 Å². The van der Waals surface area contributed by atoms with Gasteiger partial charge in [-0.3, -0.25) is 4.99 Å². The van der Waals surface area contributed by atoms with Crippen LogP contribution in [-0.2, 0) is 4.74 Å². The molecule has 0 radical (unpaired) electrons. The number of piperidine rings is 2. The van der Waals surface area contributed by atoms with Crippen molar-refractivity contribution in [3.8, 4) is 0 Å². The molecular weight excluding hydrogens is 469 g/mol. The van der Waals surface area contributed by atoms with Gasteiger partial charge in [-0.25, -0.2) is 4.79 Å². The summed E-state index contributed by atoms with van der Waals surface area (Å²) in [6, 6.07) is 0.358. The number of rotatable bonds is 7. The molecule has 0 aromatic carbocycles. The second-order valence-corrected chi connectivity index (χ2v) is 7.86. The number of guanidine groups is 1. The molecule has 0 aliphatic carbocycles. The summed E-state index contributed by atoms with van der Waals surface area (Å²) in [4.78, 5) is 20.5. The Kier molecular flexibility index (Phi) is 12.9. The first-order chi connectivity index (χ1) is 13.1. The Balaban J connectivity index is 0.00000392. The molecule has 1 atom stereocenters. The van der Waals surface area contributed by atoms with E-state index in [1.165, 1.54) is 38.9 Å². The maximum atomic E-state index is 11.8. The molecule has 164 valence electrons. The van der Waals surface area contributed by atoms with Gasteiger partial charge in [0.2, 0.25) is 0 Å². The minimum absolute atomic E-state index is 0. The summed E-state index contributed by atoms with van der Waals surface area (Å²) in [5.74, 6) is 1.73. The van der Waals surface area contributed by atoms with E-state index in [1.807, 2.05) is 14.0 Å². The normalized spacial score (nSPS) is 21.8. The number of nitrogens with zero attached hydrogens (tertiary/aromatic N) is 3. The molecule has 2 aliphatic rings. The highest BCUT2D eigenvalue weighted by atomic mass is 127. The van der Waals surface area contributed by atoms with Crippen LogP contribution in [0.2, 0.25) is 0 Å². The summed E-state index contributed by atoms with van der Waals surface area (Å²) in [5.41, 5.74) is 0. The predicted molar refractivity (Wildman–Crippen MR) is 126 cm³/mol. The van der Waals surface area contributed by atoms with Gasteiger partial charge in [0.05, 0.1) is 6.61 Å². The van der Waals surface area contributed by atoms with Crippen molar-refractivity contribution in [2.24, 2.45) is 10.9 Å². The van der Waals surface area contributed by atoms with Gasteiger partial charge in [0, 0.05) is 39.3 Å². The monoisotopic (exact) mass is 509 g/mol. The van der Waals surface area contributed by atoms with Crippen LogP contribution in [0.4, 0.5) is 4.79 Å². The van der Waals surface area contributed by atoms with Crippen LogP contribution in [0, 0.1) is 5.92 Å². The van der Waals surface area contributed by atoms with E-state index in [2.05, 4.69) is 27.4 Å². The van der Waals surface area contributed by atoms with Gasteiger partial charge in [-0.1, -0.05) is 6.92 Å². The molecule has 8 heteroatoms. The molecule has 7 nitrogen and oxygen atoms in total. The highest BCUT2D eigenvalue weighted by molar-refractivity contribution is 14.0. The van der Waals surface area contributed by atoms with Crippen molar-refractivity contribution in [1.82, 2.24) is 20.4 Å². The van der Waals surface area contributed by atoms with Crippen LogP contribution in [0.15, 0.2) is 4.99 Å². The maximum absolute atomic E-state index is 11.8. The molecule has 0 aromatic rings. The van der Waals surface area contributed by atoms with Crippen LogP contribution in [0.25, 0.3) is 0 Å². The topological polar surface area (TPSA) is 69.2 Å². The Bertz CT molecular complexity index is 470. The molecular formula is C20H40IN5O2. The fourth-order valence-corrected chi connectivity index (χ4v) is 3.97. The number of unbranched alkanes of at least 4 members (excludes halogenated alkanes) is 1. The number of amides is 1. The molecule has 28 heavy (non-hydrogen) atoms. The number of carbonyl (C=O) groups excluding carboxylic acids is 1. The number of carbonyl (C=O) groups is 1. The molecule has 2 heterocycles. The molecule has 0 saturated carbocycles. The maximum Gasteiger partial charge on any atom is 0.409 e. The first-order valence-corrected chi connectivity index (χ1v) is 10.7. The van der Waals surface area contributed by atoms with Crippen molar-refractivity contribution >= 4 is 36.0 Å². The van der Waals surface area contributed by atoms with Crippen molar-refractivity contribution in [3.05, 3.63) is 0 Å². The van der Waals surface area contributed by atoms with Gasteiger partial charge in [0.1, 0.15) is 0 Å². The van der Waals surface area contributed by atoms with Crippen molar-refractivity contribution in [1.29, 1.82) is 0 Å². The average molecular weight is 509 g/mol. The van der Waals surface area contributed by atoms with Crippen molar-refractivity contribution in [2.45, 2.75) is 58.4 Å². The lowest BCUT2D eigenvalue weighted by molar-refractivity contribution is 0.0963. The number of nitrogens with one attached hydrogen (secondary N) is 2. The van der Waals surface area contributed by atoms with E-state index in [9.17, 15) is 4.79 Å². The molecule has 2 saturated heterocycles. The van der Waals surface area contributed by atoms with Crippen LogP contribution in [0.3, 0.4) is 0 Å². The van der Waals surface area contributed by atoms with Gasteiger partial charge < -0.3 is 25.2 Å². The number of aliphatic imine (C=N–C) groups is 1. The summed E-state index contributed by atoms with van der Waals surface area (Å²) in [6.07, 6.45) is 6.78. The molecule has 2 fully saturated rings. The molecule has 2 rings (SSSR count). The van der Waals surface area contributed by atoms with E-state index >= 15 is 0 Å². The number of ether oxygens (including phenoxy) is 1. The quantitative estimate of drug-likeness (QED) is 0.239. The first kappa shape index (κ1) is 25.3. The zero-order valence-corrected chi connectivity index (χ0v) is 20.2. The largest absolute Gasteiger partial charge is 0.450 e. The van der Waals surface area contributed by atoms with E-state index in [0.29, 0.717) is 12.6 Å². The minimum atomic E-state index is -0.193. The summed E-state index contributed by atoms with van der Waals surface area (Å²) in [7, 11) is 1.82. The first-order valence-electron chi connectivity index (χ1n) is 10.7. The van der Waals surface area contributed by atoms with Gasteiger partial charge in [-0.2, -0.15) is 0 Å². The predicted octanol–water partition coefficient (Wildman–Crippen LogP) is 2.90. The van der Waals surface area contributed by atoms with Crippen LogP contribution in [0.1, 0.15) is 52.4 Å². The third-order valence-electron chi connectivity index (χ3n) is 5.52. The number of halogens is 1. The molecule has 1 unspecified atom stereocenters. The molecule has 0 spiro atoms. The molecule has 0 aromatic heterocycles. The average Bonchev–Trinajstić information content (AvgIpc) is 2.67. The summed E-state index contributed by atoms with van der Waals surface area (Å²) in [6.45, 7) is 10.8. The van der Waals surface area contributed by atoms with Crippen LogP contribution in [0.5, 0.6) is 0 Å². The standard InChI is InChI=1S/C20H39N5O2.HI/c1-4-27-20(26)25-14-9-18(10-15-25)23-19(21-3)22-11-5-6-12-24-13-7-8-17(2)16-24;/h17-18H,4-16H2,1-3H3,(H2,21,22,23);1H. The third-order valence-corrected chi connectivity index (χ3v) is 5.52. The molecule has 1 amide bonds. The number of hydrogen-bond donors (Lipinski definition) is 2. The van der Waals surface area contributed by atoms with Crippen LogP contribution >= 0.6 is 24.0 Å². The lowest BCUT2D eigenvalue weighted by Crippen LogP contribution is -2.50. The Morgan fingerprint density at radius 3 is 2.57 bits per heavy atom. The fraction of sp³-hybridized carbons (Fsp3) is 0.900. The smallest absolute Gasteiger partial charge is 0.409 e. The highest BCUT2D eigenvalue weighted by Gasteiger charge is 2.24. The highest BCUT2D eigenvalue weighted by Crippen LogP contribution is 2.15. The molecule has 2 N–H and O–H groups in total. The van der Waals surface area contributed by atoms with E-state index < -0.39 is 0 Å². The van der Waals surface area contributed by atoms with Crippen LogP contribution in [-0.4, -0.2) is 80.8 Å². The van der Waals surface area contributed by atoms with E-state index in [-0.39, 0.29) is 30.1 Å². The summed E-state index contributed by atoms with van der Waals surface area (Å²) in [5, 5.41) is 6.93. The van der Waals surface area contributed by atoms with E-state index in [4.69, 9.17) is 4.74 Å². The zero-order chi connectivity index (χ0) is 19.5. The Hall–Kier alpha value is -0.770. The molecule has 2 aliphatic heterocycles. The third kappa shape index (κ3) is 9.15. The van der Waals surface area contributed by atoms with Gasteiger partial charge in [0.15, 0.2) is 5.96 Å². The van der Waals surface area contributed by atoms with E-state index in [1.54, 1.807) is 4.90 Å². The second kappa shape index (κ2) is 14.3. The number of likely N-dealkylation sites (tertiary alicyclic amines) is 2. The van der Waals surface area contributed by atoms with Gasteiger partial charge in [-0.05, 0) is 64.5 Å². The second-order valence-electron chi connectivity index (χ2n) is 7.86. The summed E-state index contributed by atoms with van der Waals surface area (Å²) >= 11 is 0. The summed E-state index contributed by atoms with van der Waals surface area (Å²) < 4.78 is 5.07. The van der Waals surface area contributed by atoms with Crippen LogP contribution < -0.4 is 10.6 Å². The minimum Gasteiger partial charge on any atom is -0.450 e. The zero-order valence-electron chi connectivity index (χ0n) is 17.9. The lowest BCUT2D eigenvalue weighted by atomic mass is 10.0. The van der Waals surface area contributed by atoms with Gasteiger partial charge in [-0.15, -0.1) is 24.0 Å².